The predicted molar refractivity (Wildman–Crippen MR) is 86.6 cm³/mol. The molecule has 3 nitrogen and oxygen atoms in total. The first-order chi connectivity index (χ1) is 10.6. The molecular formula is C19H22O3. The number of aliphatic hydroxyl groups is 1. The number of carbonyl (C=O) groups is 1. The van der Waals surface area contributed by atoms with E-state index >= 15 is 0 Å². The molecule has 0 aliphatic heterocycles. The first-order valence-corrected chi connectivity index (χ1v) is 7.50. The summed E-state index contributed by atoms with van der Waals surface area (Å²) >= 11 is 0. The van der Waals surface area contributed by atoms with E-state index in [0.29, 0.717) is 6.42 Å². The third-order valence-electron chi connectivity index (χ3n) is 3.76. The topological polar surface area (TPSA) is 46.5 Å². The van der Waals surface area contributed by atoms with Gasteiger partial charge in [0.05, 0.1) is 7.11 Å². The smallest absolute Gasteiger partial charge is 0.305 e. The molecule has 0 aliphatic rings. The molecule has 0 aromatic heterocycles. The summed E-state index contributed by atoms with van der Waals surface area (Å²) in [6.45, 7) is 2.03. The van der Waals surface area contributed by atoms with Crippen molar-refractivity contribution in [3.8, 4) is 0 Å². The van der Waals surface area contributed by atoms with Crippen molar-refractivity contribution in [1.29, 1.82) is 0 Å². The molecular weight excluding hydrogens is 276 g/mol. The third-order valence-corrected chi connectivity index (χ3v) is 3.76. The van der Waals surface area contributed by atoms with Crippen molar-refractivity contribution >= 4 is 5.97 Å². The minimum Gasteiger partial charge on any atom is -0.469 e. The normalized spacial score (nSPS) is 12.0. The summed E-state index contributed by atoms with van der Waals surface area (Å²) in [6.07, 6.45) is 1.43. The predicted octanol–water partition coefficient (Wildman–Crippen LogP) is 3.57. The number of aliphatic hydroxyl groups excluding tert-OH is 1. The van der Waals surface area contributed by atoms with E-state index in [0.717, 1.165) is 29.5 Å². The second kappa shape index (κ2) is 7.76. The van der Waals surface area contributed by atoms with Gasteiger partial charge in [-0.3, -0.25) is 4.79 Å². The van der Waals surface area contributed by atoms with Crippen LogP contribution in [0, 0.1) is 6.92 Å². The summed E-state index contributed by atoms with van der Waals surface area (Å²) in [7, 11) is 1.41. The monoisotopic (exact) mass is 298 g/mol. The highest BCUT2D eigenvalue weighted by Gasteiger charge is 2.10. The minimum atomic E-state index is -0.607. The lowest BCUT2D eigenvalue weighted by Crippen LogP contribution is -2.01. The van der Waals surface area contributed by atoms with Gasteiger partial charge in [0.25, 0.3) is 0 Å². The number of esters is 1. The van der Waals surface area contributed by atoms with E-state index in [1.54, 1.807) is 0 Å². The van der Waals surface area contributed by atoms with Crippen molar-refractivity contribution in [2.24, 2.45) is 0 Å². The summed E-state index contributed by atoms with van der Waals surface area (Å²) in [5, 5.41) is 10.4. The van der Waals surface area contributed by atoms with E-state index in [1.807, 2.05) is 55.5 Å². The van der Waals surface area contributed by atoms with Gasteiger partial charge in [-0.1, -0.05) is 54.1 Å². The van der Waals surface area contributed by atoms with Gasteiger partial charge >= 0.3 is 5.97 Å². The fraction of sp³-hybridized carbons (Fsp3) is 0.316. The molecule has 2 aromatic carbocycles. The highest BCUT2D eigenvalue weighted by atomic mass is 16.5. The molecule has 0 aliphatic carbocycles. The average molecular weight is 298 g/mol. The Bertz CT molecular complexity index is 600. The number of rotatable bonds is 6. The molecule has 0 fully saturated rings. The zero-order valence-corrected chi connectivity index (χ0v) is 13.1. The minimum absolute atomic E-state index is 0.175. The molecule has 0 bridgehead atoms. The van der Waals surface area contributed by atoms with Crippen LogP contribution < -0.4 is 0 Å². The summed E-state index contributed by atoms with van der Waals surface area (Å²) in [6, 6.07) is 15.8. The third kappa shape index (κ3) is 4.43. The standard InChI is InChI=1S/C19H22O3/c1-14-6-10-16(11-7-14)19(21)17-12-8-15(9-13-17)4-3-5-18(20)22-2/h6-13,19,21H,3-5H2,1-2H3. The molecule has 2 rings (SSSR count). The first-order valence-electron chi connectivity index (χ1n) is 7.50. The molecule has 1 atom stereocenters. The molecule has 0 heterocycles. The van der Waals surface area contributed by atoms with E-state index in [9.17, 15) is 9.90 Å². The van der Waals surface area contributed by atoms with E-state index in [1.165, 1.54) is 12.7 Å². The number of carbonyl (C=O) groups excluding carboxylic acids is 1. The Morgan fingerprint density at radius 1 is 1.05 bits per heavy atom. The number of benzene rings is 2. The molecule has 0 saturated carbocycles. The fourth-order valence-electron chi connectivity index (χ4n) is 2.35. The molecule has 0 amide bonds. The van der Waals surface area contributed by atoms with Crippen LogP contribution in [0.25, 0.3) is 0 Å². The van der Waals surface area contributed by atoms with E-state index < -0.39 is 6.10 Å². The van der Waals surface area contributed by atoms with Gasteiger partial charge in [-0.05, 0) is 36.5 Å². The van der Waals surface area contributed by atoms with Crippen molar-refractivity contribution < 1.29 is 14.6 Å². The van der Waals surface area contributed by atoms with Crippen LogP contribution in [0.15, 0.2) is 48.5 Å². The van der Waals surface area contributed by atoms with Gasteiger partial charge in [-0.25, -0.2) is 0 Å². The zero-order chi connectivity index (χ0) is 15.9. The maximum Gasteiger partial charge on any atom is 0.305 e. The summed E-state index contributed by atoms with van der Waals surface area (Å²) in [5.41, 5.74) is 4.10. The average Bonchev–Trinajstić information content (AvgIpc) is 2.55. The second-order valence-electron chi connectivity index (χ2n) is 5.48. The molecule has 2 aromatic rings. The van der Waals surface area contributed by atoms with Crippen LogP contribution in [0.1, 0.15) is 41.2 Å². The van der Waals surface area contributed by atoms with Crippen LogP contribution >= 0.6 is 0 Å². The first kappa shape index (κ1) is 16.2. The molecule has 116 valence electrons. The van der Waals surface area contributed by atoms with Crippen LogP contribution in [0.5, 0.6) is 0 Å². The van der Waals surface area contributed by atoms with Gasteiger partial charge in [-0.15, -0.1) is 0 Å². The largest absolute Gasteiger partial charge is 0.469 e. The highest BCUT2D eigenvalue weighted by Crippen LogP contribution is 2.22. The zero-order valence-electron chi connectivity index (χ0n) is 13.1. The summed E-state index contributed by atoms with van der Waals surface area (Å²) in [4.78, 5) is 11.1. The molecule has 0 saturated heterocycles. The van der Waals surface area contributed by atoms with Crippen molar-refractivity contribution in [2.45, 2.75) is 32.3 Å². The number of hydrogen-bond donors (Lipinski definition) is 1. The molecule has 0 radical (unpaired) electrons. The van der Waals surface area contributed by atoms with Crippen molar-refractivity contribution in [3.63, 3.8) is 0 Å². The van der Waals surface area contributed by atoms with Crippen molar-refractivity contribution in [2.75, 3.05) is 7.11 Å². The van der Waals surface area contributed by atoms with Gasteiger partial charge < -0.3 is 9.84 Å². The lowest BCUT2D eigenvalue weighted by atomic mass is 9.98. The maximum absolute atomic E-state index is 11.1. The van der Waals surface area contributed by atoms with Crippen LogP contribution in [0.4, 0.5) is 0 Å². The van der Waals surface area contributed by atoms with Gasteiger partial charge in [-0.2, -0.15) is 0 Å². The van der Waals surface area contributed by atoms with Gasteiger partial charge in [0, 0.05) is 6.42 Å². The molecule has 0 spiro atoms. The maximum atomic E-state index is 11.1. The Morgan fingerprint density at radius 3 is 2.14 bits per heavy atom. The fourth-order valence-corrected chi connectivity index (χ4v) is 2.35. The molecule has 1 N–H and O–H groups in total. The number of hydrogen-bond acceptors (Lipinski definition) is 3. The Morgan fingerprint density at radius 2 is 1.59 bits per heavy atom. The number of ether oxygens (including phenoxy) is 1. The molecule has 22 heavy (non-hydrogen) atoms. The van der Waals surface area contributed by atoms with Crippen LogP contribution in [0.3, 0.4) is 0 Å². The van der Waals surface area contributed by atoms with E-state index in [-0.39, 0.29) is 5.97 Å². The Kier molecular flexibility index (Phi) is 5.73. The number of aryl methyl sites for hydroxylation is 2. The summed E-state index contributed by atoms with van der Waals surface area (Å²) in [5.74, 6) is -0.175. The lowest BCUT2D eigenvalue weighted by Gasteiger charge is -2.12. The van der Waals surface area contributed by atoms with E-state index in [4.69, 9.17) is 0 Å². The lowest BCUT2D eigenvalue weighted by molar-refractivity contribution is -0.140. The number of methoxy groups -OCH3 is 1. The van der Waals surface area contributed by atoms with Crippen molar-refractivity contribution in [3.05, 3.63) is 70.8 Å². The summed E-state index contributed by atoms with van der Waals surface area (Å²) < 4.78 is 4.62. The van der Waals surface area contributed by atoms with Crippen LogP contribution in [-0.4, -0.2) is 18.2 Å². The second-order valence-corrected chi connectivity index (χ2v) is 5.48. The molecule has 1 unspecified atom stereocenters. The Hall–Kier alpha value is -2.13. The SMILES string of the molecule is COC(=O)CCCc1ccc(C(O)c2ccc(C)cc2)cc1. The van der Waals surface area contributed by atoms with Crippen LogP contribution in [-0.2, 0) is 16.0 Å². The van der Waals surface area contributed by atoms with Crippen molar-refractivity contribution in [1.82, 2.24) is 0 Å². The molecule has 3 heteroatoms. The highest BCUT2D eigenvalue weighted by molar-refractivity contribution is 5.69. The van der Waals surface area contributed by atoms with Gasteiger partial charge in [0.15, 0.2) is 0 Å². The Labute approximate surface area is 131 Å². The van der Waals surface area contributed by atoms with Gasteiger partial charge in [0.1, 0.15) is 6.10 Å². The van der Waals surface area contributed by atoms with E-state index in [2.05, 4.69) is 4.74 Å². The van der Waals surface area contributed by atoms with Gasteiger partial charge in [0.2, 0.25) is 0 Å². The van der Waals surface area contributed by atoms with Crippen LogP contribution in [0.2, 0.25) is 0 Å². The Balaban J connectivity index is 1.96. The quantitative estimate of drug-likeness (QED) is 0.829.